The number of hydrogen-bond donors (Lipinski definition) is 3. The lowest BCUT2D eigenvalue weighted by atomic mass is 9.96. The third-order valence-electron chi connectivity index (χ3n) is 13.1. The zero-order valence-corrected chi connectivity index (χ0v) is 42.1. The Morgan fingerprint density at radius 2 is 0.506 bits per heavy atom. The summed E-state index contributed by atoms with van der Waals surface area (Å²) in [5.74, 6) is 0. The maximum atomic E-state index is 8.48. The Morgan fingerprint density at radius 3 is 0.886 bits per heavy atom. The van der Waals surface area contributed by atoms with E-state index in [1.54, 1.807) is 24.3 Å². The quantitative estimate of drug-likeness (QED) is 0.128. The number of para-hydroxylation sites is 2. The molecule has 0 saturated heterocycles. The maximum Gasteiger partial charge on any atom is 0.0629 e. The molecule has 376 valence electrons. The van der Waals surface area contributed by atoms with Gasteiger partial charge in [-0.25, -0.2) is 0 Å². The first-order chi connectivity index (χ1) is 47.5. The van der Waals surface area contributed by atoms with Gasteiger partial charge in [0.25, 0.3) is 0 Å². The van der Waals surface area contributed by atoms with E-state index >= 15 is 0 Å². The molecule has 14 rings (SSSR count). The van der Waals surface area contributed by atoms with Gasteiger partial charge >= 0.3 is 0 Å². The maximum absolute atomic E-state index is 8.48. The molecule has 3 N–H and O–H groups in total. The van der Waals surface area contributed by atoms with Crippen LogP contribution in [-0.2, 0) is 0 Å². The first-order valence-corrected chi connectivity index (χ1v) is 25.3. The smallest absolute Gasteiger partial charge is 0.0629 e. The van der Waals surface area contributed by atoms with Crippen LogP contribution in [0.3, 0.4) is 0 Å². The van der Waals surface area contributed by atoms with Crippen LogP contribution in [0.5, 0.6) is 0 Å². The molecule has 0 fully saturated rings. The van der Waals surface area contributed by atoms with Crippen molar-refractivity contribution in [3.05, 3.63) is 327 Å². The van der Waals surface area contributed by atoms with Gasteiger partial charge in [-0.1, -0.05) is 273 Å². The van der Waals surface area contributed by atoms with Crippen LogP contribution in [0.1, 0.15) is 27.4 Å². The summed E-state index contributed by atoms with van der Waals surface area (Å²) >= 11 is 0. The molecule has 79 heavy (non-hydrogen) atoms. The molecular formula is C76H57N3. The van der Waals surface area contributed by atoms with Gasteiger partial charge < -0.3 is 16.0 Å². The van der Waals surface area contributed by atoms with Crippen LogP contribution in [0.2, 0.25) is 0 Å². The van der Waals surface area contributed by atoms with Gasteiger partial charge in [0.2, 0.25) is 0 Å². The summed E-state index contributed by atoms with van der Waals surface area (Å²) in [5.41, 5.74) is 7.67. The van der Waals surface area contributed by atoms with Crippen molar-refractivity contribution in [2.75, 3.05) is 16.0 Å². The summed E-state index contributed by atoms with van der Waals surface area (Å²) < 4.78 is 163. The molecule has 0 aliphatic heterocycles. The summed E-state index contributed by atoms with van der Waals surface area (Å²) in [6.07, 6.45) is 0. The highest BCUT2D eigenvalue weighted by molar-refractivity contribution is 6.09. The molecule has 0 aliphatic rings. The molecular weight excluding hydrogens is 955 g/mol. The fourth-order valence-corrected chi connectivity index (χ4v) is 9.47. The molecule has 0 bridgehead atoms. The first-order valence-electron chi connectivity index (χ1n) is 35.3. The number of rotatable bonds is 10. The molecule has 0 unspecified atom stereocenters. The highest BCUT2D eigenvalue weighted by Crippen LogP contribution is 2.40. The molecule has 14 aromatic carbocycles. The van der Waals surface area contributed by atoms with Crippen LogP contribution in [0, 0.1) is 0 Å². The second-order valence-electron chi connectivity index (χ2n) is 18.0. The van der Waals surface area contributed by atoms with Crippen LogP contribution in [-0.4, -0.2) is 0 Å². The van der Waals surface area contributed by atoms with E-state index in [-0.39, 0.29) is 101 Å². The Morgan fingerprint density at radius 1 is 0.215 bits per heavy atom. The molecule has 0 aliphatic carbocycles. The Kier molecular flexibility index (Phi) is 9.42. The lowest BCUT2D eigenvalue weighted by molar-refractivity contribution is 1.55. The van der Waals surface area contributed by atoms with Crippen LogP contribution < -0.4 is 16.0 Å². The predicted octanol–water partition coefficient (Wildman–Crippen LogP) is 21.6. The van der Waals surface area contributed by atoms with Gasteiger partial charge in [0.05, 0.1) is 27.4 Å². The van der Waals surface area contributed by atoms with E-state index in [4.69, 9.17) is 27.4 Å². The van der Waals surface area contributed by atoms with Crippen LogP contribution in [0.25, 0.3) is 87.6 Å². The highest BCUT2D eigenvalue weighted by Gasteiger charge is 2.13. The van der Waals surface area contributed by atoms with E-state index in [2.05, 4.69) is 16.0 Å². The average Bonchev–Trinajstić information content (AvgIpc) is 0.775. The first kappa shape index (κ1) is 31.5. The molecule has 3 nitrogen and oxygen atoms in total. The topological polar surface area (TPSA) is 36.1 Å². The minimum Gasteiger partial charge on any atom is -0.355 e. The second kappa shape index (κ2) is 23.6. The number of hydrogen-bond acceptors (Lipinski definition) is 3. The summed E-state index contributed by atoms with van der Waals surface area (Å²) in [6.45, 7) is 0. The SMILES string of the molecule is [2H]c1c([2H])c([2H])c(-c2cc3ccccc3cc2Nc2ccccc2)c([2H])c1[2H].[2H]c1c([2H])c([2H])c(-c2ccc(Nc3ccc(-c4c([2H])c([2H])c([2H])c([2H])c4[2H])c4ccccc34)c3ccccc23)c([2H])c1[2H].[2H]c1c([2H])c([2H])c(-c2ccc(Nc3ccccc3)c3ccccc23)c([2H])c1[2H]. The third kappa shape index (κ3) is 11.2. The van der Waals surface area contributed by atoms with E-state index in [9.17, 15) is 0 Å². The Balaban J connectivity index is 0.000000146. The number of fused-ring (bicyclic) bond motifs is 4. The molecule has 0 atom stereocenters. The molecule has 0 spiro atoms. The number of anilines is 6. The van der Waals surface area contributed by atoms with E-state index in [0.717, 1.165) is 49.4 Å². The van der Waals surface area contributed by atoms with Gasteiger partial charge in [-0.15, -0.1) is 0 Å². The van der Waals surface area contributed by atoms with Gasteiger partial charge in [0.15, 0.2) is 0 Å². The van der Waals surface area contributed by atoms with Crippen molar-refractivity contribution in [1.82, 2.24) is 0 Å². The molecule has 0 heterocycles. The van der Waals surface area contributed by atoms with Crippen molar-refractivity contribution in [3.63, 3.8) is 0 Å². The minimum absolute atomic E-state index is 0.127. The lowest BCUT2D eigenvalue weighted by Gasteiger charge is -2.16. The third-order valence-corrected chi connectivity index (χ3v) is 13.1. The normalized spacial score (nSPS) is 14.3. The van der Waals surface area contributed by atoms with Gasteiger partial charge in [-0.2, -0.15) is 0 Å². The van der Waals surface area contributed by atoms with Gasteiger partial charge in [-0.05, 0) is 120 Å². The molecule has 0 aromatic heterocycles. The fourth-order valence-electron chi connectivity index (χ4n) is 9.47. The summed E-state index contributed by atoms with van der Waals surface area (Å²) in [4.78, 5) is 0. The van der Waals surface area contributed by atoms with E-state index in [1.807, 2.05) is 182 Å². The summed E-state index contributed by atoms with van der Waals surface area (Å²) in [7, 11) is 0. The highest BCUT2D eigenvalue weighted by atomic mass is 14.9. The van der Waals surface area contributed by atoms with Crippen molar-refractivity contribution in [2.24, 2.45) is 0 Å². The van der Waals surface area contributed by atoms with Crippen molar-refractivity contribution in [3.8, 4) is 44.5 Å². The minimum atomic E-state index is -0.444. The summed E-state index contributed by atoms with van der Waals surface area (Å²) in [6, 6.07) is 57.8. The standard InChI is InChI=1S/C32H23N.2C22H17N/c1-3-11-23(12-4-1)25-19-21-31(29-17-9-7-15-27(25)29)33-32-22-20-26(24-13-5-2-6-14-24)28-16-8-10-18-30(28)32;1-3-9-17(10-4-1)21-15-18-11-7-8-12-19(18)16-22(21)23-20-13-5-2-6-14-20;1-3-9-17(10-4-1)19-15-16-22(21-14-8-7-13-20(19)21)23-18-11-5-2-6-12-18/h1-22,33H;2*1-16,23H/i1D,2D,3D,4D,5D,6D,11D,12D,13D,14D;2*1D,3D,4D,9D,10D. The van der Waals surface area contributed by atoms with E-state index < -0.39 is 42.3 Å². The zero-order valence-electron chi connectivity index (χ0n) is 62.1. The molecule has 14 aromatic rings. The Hall–Kier alpha value is -10.5. The van der Waals surface area contributed by atoms with Crippen LogP contribution in [0.15, 0.2) is 327 Å². The van der Waals surface area contributed by atoms with Gasteiger partial charge in [0.1, 0.15) is 0 Å². The second-order valence-corrected chi connectivity index (χ2v) is 18.0. The largest absolute Gasteiger partial charge is 0.355 e. The predicted molar refractivity (Wildman–Crippen MR) is 340 cm³/mol. The van der Waals surface area contributed by atoms with Crippen LogP contribution in [0.4, 0.5) is 34.1 Å². The average molecular weight is 1030 g/mol. The van der Waals surface area contributed by atoms with Gasteiger partial charge in [-0.3, -0.25) is 0 Å². The molecule has 0 amide bonds. The lowest BCUT2D eigenvalue weighted by Crippen LogP contribution is -1.95. The van der Waals surface area contributed by atoms with E-state index in [1.165, 1.54) is 0 Å². The van der Waals surface area contributed by atoms with Gasteiger partial charge in [0, 0.05) is 55.8 Å². The summed E-state index contributed by atoms with van der Waals surface area (Å²) in [5, 5.41) is 16.8. The Labute approximate surface area is 490 Å². The molecule has 0 radical (unpaired) electrons. The number of benzene rings is 14. The van der Waals surface area contributed by atoms with Crippen molar-refractivity contribution < 1.29 is 27.4 Å². The monoisotopic (exact) mass is 1030 g/mol. The van der Waals surface area contributed by atoms with Crippen molar-refractivity contribution in [2.45, 2.75) is 0 Å². The number of nitrogens with one attached hydrogen (secondary N) is 3. The van der Waals surface area contributed by atoms with Crippen molar-refractivity contribution >= 4 is 77.2 Å². The zero-order chi connectivity index (χ0) is 70.4. The molecule has 3 heteroatoms. The fraction of sp³-hybridized carbons (Fsp3) is 0. The van der Waals surface area contributed by atoms with Crippen molar-refractivity contribution in [1.29, 1.82) is 0 Å². The Bertz CT molecular complexity index is 5290. The van der Waals surface area contributed by atoms with E-state index in [0.29, 0.717) is 50.1 Å². The van der Waals surface area contributed by atoms with Crippen LogP contribution >= 0.6 is 0 Å². The molecule has 0 saturated carbocycles.